The molecule has 0 aliphatic heterocycles. The van der Waals surface area contributed by atoms with Gasteiger partial charge >= 0.3 is 11.7 Å². The van der Waals surface area contributed by atoms with Gasteiger partial charge in [-0.05, 0) is 26.0 Å². The van der Waals surface area contributed by atoms with Gasteiger partial charge < -0.3 is 20.1 Å². The molecule has 142 valence electrons. The largest absolute Gasteiger partial charge is 0.487 e. The zero-order valence-corrected chi connectivity index (χ0v) is 14.7. The minimum atomic E-state index is -1.23. The van der Waals surface area contributed by atoms with Gasteiger partial charge in [0.15, 0.2) is 5.75 Å². The van der Waals surface area contributed by atoms with Gasteiger partial charge in [-0.25, -0.2) is 4.79 Å². The molecule has 0 heterocycles. The Morgan fingerprint density at radius 1 is 1.38 bits per heavy atom. The summed E-state index contributed by atoms with van der Waals surface area (Å²) in [6.45, 7) is 4.48. The van der Waals surface area contributed by atoms with Gasteiger partial charge in [0.1, 0.15) is 6.04 Å². The molecule has 2 N–H and O–H groups in total. The van der Waals surface area contributed by atoms with Crippen molar-refractivity contribution in [1.29, 1.82) is 0 Å². The van der Waals surface area contributed by atoms with Crippen LogP contribution in [0.15, 0.2) is 18.2 Å². The molecule has 2 amide bonds. The fourth-order valence-corrected chi connectivity index (χ4v) is 2.19. The van der Waals surface area contributed by atoms with E-state index in [0.717, 1.165) is 11.0 Å². The van der Waals surface area contributed by atoms with Crippen LogP contribution in [0.5, 0.6) is 5.75 Å². The van der Waals surface area contributed by atoms with Gasteiger partial charge in [-0.2, -0.15) is 0 Å². The lowest BCUT2D eigenvalue weighted by molar-refractivity contribution is -0.385. The SMILES string of the molecule is CCOc1ccc(C(=O)N(CCNC(C)=O)C(C)C(=O)O)cc1[N+](=O)[O-]. The molecule has 1 atom stereocenters. The molecule has 10 heteroatoms. The first-order valence-corrected chi connectivity index (χ1v) is 7.88. The maximum atomic E-state index is 12.7. The number of nitrogens with one attached hydrogen (secondary N) is 1. The summed E-state index contributed by atoms with van der Waals surface area (Å²) in [5, 5.41) is 22.9. The Morgan fingerprint density at radius 3 is 2.54 bits per heavy atom. The lowest BCUT2D eigenvalue weighted by Crippen LogP contribution is -2.46. The minimum absolute atomic E-state index is 0.0186. The van der Waals surface area contributed by atoms with Crippen molar-refractivity contribution in [3.63, 3.8) is 0 Å². The topological polar surface area (TPSA) is 139 Å². The van der Waals surface area contributed by atoms with Crippen LogP contribution >= 0.6 is 0 Å². The Labute approximate surface area is 149 Å². The standard InChI is InChI=1S/C16H21N3O7/c1-4-26-14-6-5-12(9-13(14)19(24)25)15(21)18(10(2)16(22)23)8-7-17-11(3)20/h5-6,9-10H,4,7-8H2,1-3H3,(H,17,20)(H,22,23). The maximum absolute atomic E-state index is 12.7. The van der Waals surface area contributed by atoms with Gasteiger partial charge in [-0.15, -0.1) is 0 Å². The normalized spacial score (nSPS) is 11.3. The minimum Gasteiger partial charge on any atom is -0.487 e. The molecule has 0 saturated carbocycles. The van der Waals surface area contributed by atoms with Crippen molar-refractivity contribution in [3.8, 4) is 5.75 Å². The first-order valence-electron chi connectivity index (χ1n) is 7.88. The van der Waals surface area contributed by atoms with Gasteiger partial charge in [-0.3, -0.25) is 19.7 Å². The number of nitrogens with zero attached hydrogens (tertiary/aromatic N) is 2. The third kappa shape index (κ3) is 5.43. The molecule has 0 spiro atoms. The second-order valence-electron chi connectivity index (χ2n) is 5.37. The van der Waals surface area contributed by atoms with Crippen LogP contribution in [0.1, 0.15) is 31.1 Å². The first kappa shape index (κ1) is 20.9. The quantitative estimate of drug-likeness (QED) is 0.491. The zero-order valence-electron chi connectivity index (χ0n) is 14.7. The maximum Gasteiger partial charge on any atom is 0.326 e. The Bertz CT molecular complexity index is 705. The molecule has 10 nitrogen and oxygen atoms in total. The van der Waals surface area contributed by atoms with Gasteiger partial charge in [0.25, 0.3) is 5.91 Å². The number of carboxylic acid groups (broad SMARTS) is 1. The van der Waals surface area contributed by atoms with E-state index in [-0.39, 0.29) is 42.6 Å². The molecule has 0 saturated heterocycles. The summed E-state index contributed by atoms with van der Waals surface area (Å²) in [4.78, 5) is 46.5. The van der Waals surface area contributed by atoms with Gasteiger partial charge in [0.2, 0.25) is 5.91 Å². The van der Waals surface area contributed by atoms with Crippen molar-refractivity contribution in [2.75, 3.05) is 19.7 Å². The highest BCUT2D eigenvalue weighted by Crippen LogP contribution is 2.28. The third-order valence-corrected chi connectivity index (χ3v) is 3.51. The van der Waals surface area contributed by atoms with E-state index in [1.165, 1.54) is 26.0 Å². The van der Waals surface area contributed by atoms with Crippen LogP contribution in [-0.2, 0) is 9.59 Å². The number of carbonyl (C=O) groups is 3. The number of carbonyl (C=O) groups excluding carboxylic acids is 2. The summed E-state index contributed by atoms with van der Waals surface area (Å²) < 4.78 is 5.16. The molecule has 1 aromatic carbocycles. The number of carboxylic acids is 1. The average Bonchev–Trinajstić information content (AvgIpc) is 2.57. The predicted octanol–water partition coefficient (Wildman–Crippen LogP) is 1.04. The number of rotatable bonds is 9. The number of benzene rings is 1. The molecular weight excluding hydrogens is 346 g/mol. The number of amides is 2. The van der Waals surface area contributed by atoms with Gasteiger partial charge in [0.05, 0.1) is 11.5 Å². The van der Waals surface area contributed by atoms with Crippen LogP contribution in [0.4, 0.5) is 5.69 Å². The second-order valence-corrected chi connectivity index (χ2v) is 5.37. The van der Waals surface area contributed by atoms with Crippen LogP contribution in [-0.4, -0.2) is 58.5 Å². The van der Waals surface area contributed by atoms with Crippen LogP contribution in [0, 0.1) is 10.1 Å². The lowest BCUT2D eigenvalue weighted by atomic mass is 10.1. The molecule has 0 aliphatic carbocycles. The first-order chi connectivity index (χ1) is 12.2. The summed E-state index contributed by atoms with van der Waals surface area (Å²) in [6, 6.07) is 2.50. The number of hydrogen-bond donors (Lipinski definition) is 2. The fraction of sp³-hybridized carbons (Fsp3) is 0.438. The fourth-order valence-electron chi connectivity index (χ4n) is 2.19. The van der Waals surface area contributed by atoms with E-state index >= 15 is 0 Å². The molecule has 0 bridgehead atoms. The summed E-state index contributed by atoms with van der Waals surface area (Å²) >= 11 is 0. The van der Waals surface area contributed by atoms with E-state index in [1.54, 1.807) is 6.92 Å². The molecule has 1 rings (SSSR count). The summed E-state index contributed by atoms with van der Waals surface area (Å²) in [7, 11) is 0. The van der Waals surface area contributed by atoms with Gasteiger partial charge in [-0.1, -0.05) is 0 Å². The monoisotopic (exact) mass is 367 g/mol. The molecule has 1 unspecified atom stereocenters. The Kier molecular flexibility index (Phi) is 7.51. The summed E-state index contributed by atoms with van der Waals surface area (Å²) in [5.41, 5.74) is -0.432. The van der Waals surface area contributed by atoms with Gasteiger partial charge in [0, 0.05) is 31.6 Å². The number of ether oxygens (including phenoxy) is 1. The zero-order chi connectivity index (χ0) is 19.9. The second kappa shape index (κ2) is 9.35. The molecule has 0 aromatic heterocycles. The van der Waals surface area contributed by atoms with E-state index in [1.807, 2.05) is 0 Å². The van der Waals surface area contributed by atoms with E-state index in [2.05, 4.69) is 5.32 Å². The van der Waals surface area contributed by atoms with E-state index in [4.69, 9.17) is 4.74 Å². The average molecular weight is 367 g/mol. The van der Waals surface area contributed by atoms with Crippen molar-refractivity contribution in [1.82, 2.24) is 10.2 Å². The number of aliphatic carboxylic acids is 1. The molecule has 0 fully saturated rings. The van der Waals surface area contributed by atoms with E-state index < -0.39 is 22.8 Å². The van der Waals surface area contributed by atoms with E-state index in [0.29, 0.717) is 0 Å². The van der Waals surface area contributed by atoms with Crippen molar-refractivity contribution >= 4 is 23.5 Å². The number of nitro groups is 1. The van der Waals surface area contributed by atoms with Crippen LogP contribution in [0.25, 0.3) is 0 Å². The Balaban J connectivity index is 3.16. The van der Waals surface area contributed by atoms with Crippen LogP contribution < -0.4 is 10.1 Å². The van der Waals surface area contributed by atoms with Crippen molar-refractivity contribution in [2.24, 2.45) is 0 Å². The summed E-state index contributed by atoms with van der Waals surface area (Å²) in [6.07, 6.45) is 0. The third-order valence-electron chi connectivity index (χ3n) is 3.51. The molecule has 0 aliphatic rings. The Hall–Kier alpha value is -3.17. The molecular formula is C16H21N3O7. The molecule has 26 heavy (non-hydrogen) atoms. The lowest BCUT2D eigenvalue weighted by Gasteiger charge is -2.26. The van der Waals surface area contributed by atoms with Crippen LogP contribution in [0.2, 0.25) is 0 Å². The highest BCUT2D eigenvalue weighted by atomic mass is 16.6. The van der Waals surface area contributed by atoms with E-state index in [9.17, 15) is 29.6 Å². The van der Waals surface area contributed by atoms with Crippen molar-refractivity contribution in [2.45, 2.75) is 26.8 Å². The number of hydrogen-bond acceptors (Lipinski definition) is 6. The predicted molar refractivity (Wildman–Crippen MR) is 91.1 cm³/mol. The highest BCUT2D eigenvalue weighted by Gasteiger charge is 2.28. The Morgan fingerprint density at radius 2 is 2.04 bits per heavy atom. The highest BCUT2D eigenvalue weighted by molar-refractivity contribution is 5.97. The smallest absolute Gasteiger partial charge is 0.326 e. The van der Waals surface area contributed by atoms with Crippen molar-refractivity contribution < 1.29 is 29.2 Å². The molecule has 1 aromatic rings. The molecule has 0 radical (unpaired) electrons. The van der Waals surface area contributed by atoms with Crippen molar-refractivity contribution in [3.05, 3.63) is 33.9 Å². The summed E-state index contributed by atoms with van der Waals surface area (Å²) in [5.74, 6) is -2.24. The number of nitro benzene ring substituents is 1. The van der Waals surface area contributed by atoms with Crippen LogP contribution in [0.3, 0.4) is 0 Å².